The molecule has 1 aliphatic heterocycles. The molecule has 0 atom stereocenters. The summed E-state index contributed by atoms with van der Waals surface area (Å²) in [4.78, 5) is 26.8. The van der Waals surface area contributed by atoms with Gasteiger partial charge in [0.25, 0.3) is 5.91 Å². The summed E-state index contributed by atoms with van der Waals surface area (Å²) in [5, 5.41) is 8.50. The van der Waals surface area contributed by atoms with Crippen molar-refractivity contribution in [3.63, 3.8) is 0 Å². The van der Waals surface area contributed by atoms with Crippen molar-refractivity contribution in [2.75, 3.05) is 26.8 Å². The number of nitrogens with zero attached hydrogens (tertiary/aromatic N) is 4. The molecule has 0 radical (unpaired) electrons. The number of para-hydroxylation sites is 1. The monoisotopic (exact) mass is 408 g/mol. The lowest BCUT2D eigenvalue weighted by atomic mass is 9.96. The molecule has 0 N–H and O–H groups in total. The van der Waals surface area contributed by atoms with E-state index >= 15 is 0 Å². The number of esters is 1. The molecule has 8 heteroatoms. The Morgan fingerprint density at radius 3 is 2.60 bits per heavy atom. The van der Waals surface area contributed by atoms with Crippen molar-refractivity contribution in [1.29, 1.82) is 0 Å². The summed E-state index contributed by atoms with van der Waals surface area (Å²) in [6, 6.07) is 11.1. The number of likely N-dealkylation sites (tertiary alicyclic amines) is 1. The largest absolute Gasteiger partial charge is 0.496 e. The third-order valence-corrected chi connectivity index (χ3v) is 5.40. The summed E-state index contributed by atoms with van der Waals surface area (Å²) in [5.41, 5.74) is 1.99. The molecule has 3 aromatic rings. The van der Waals surface area contributed by atoms with Crippen LogP contribution in [0.3, 0.4) is 0 Å². The van der Waals surface area contributed by atoms with Crippen LogP contribution >= 0.6 is 0 Å². The number of pyridine rings is 1. The van der Waals surface area contributed by atoms with Crippen LogP contribution in [0.15, 0.2) is 42.6 Å². The highest BCUT2D eigenvalue weighted by molar-refractivity contribution is 5.94. The third-order valence-electron chi connectivity index (χ3n) is 5.40. The normalized spacial score (nSPS) is 14.7. The molecule has 0 spiro atoms. The van der Waals surface area contributed by atoms with Crippen LogP contribution in [0.5, 0.6) is 5.75 Å². The number of rotatable bonds is 5. The molecule has 0 aliphatic carbocycles. The lowest BCUT2D eigenvalue weighted by Crippen LogP contribution is -2.40. The SMILES string of the molecule is CCOC(=O)C1CCN(C(=O)c2ccc3nnc(-c4ccccc4OC)n3c2)CC1. The Bertz CT molecular complexity index is 1070. The highest BCUT2D eigenvalue weighted by Crippen LogP contribution is 2.29. The van der Waals surface area contributed by atoms with E-state index in [0.717, 1.165) is 5.56 Å². The number of fused-ring (bicyclic) bond motifs is 1. The Morgan fingerprint density at radius 2 is 1.87 bits per heavy atom. The number of aromatic nitrogens is 3. The zero-order valence-electron chi connectivity index (χ0n) is 17.1. The maximum Gasteiger partial charge on any atom is 0.309 e. The lowest BCUT2D eigenvalue weighted by molar-refractivity contribution is -0.149. The highest BCUT2D eigenvalue weighted by Gasteiger charge is 2.29. The number of hydrogen-bond acceptors (Lipinski definition) is 6. The molecule has 4 rings (SSSR count). The maximum atomic E-state index is 13.1. The quantitative estimate of drug-likeness (QED) is 0.604. The Kier molecular flexibility index (Phi) is 5.65. The predicted octanol–water partition coefficient (Wildman–Crippen LogP) is 2.82. The minimum Gasteiger partial charge on any atom is -0.496 e. The van der Waals surface area contributed by atoms with Gasteiger partial charge in [0.15, 0.2) is 11.5 Å². The number of carbonyl (C=O) groups is 2. The fourth-order valence-electron chi connectivity index (χ4n) is 3.79. The van der Waals surface area contributed by atoms with Crippen LogP contribution in [0.2, 0.25) is 0 Å². The second kappa shape index (κ2) is 8.52. The third kappa shape index (κ3) is 3.72. The highest BCUT2D eigenvalue weighted by atomic mass is 16.5. The first-order valence-electron chi connectivity index (χ1n) is 10.1. The van der Waals surface area contributed by atoms with Gasteiger partial charge in [-0.3, -0.25) is 14.0 Å². The zero-order chi connectivity index (χ0) is 21.1. The van der Waals surface area contributed by atoms with E-state index in [4.69, 9.17) is 9.47 Å². The van der Waals surface area contributed by atoms with Gasteiger partial charge in [-0.1, -0.05) is 12.1 Å². The molecule has 1 saturated heterocycles. The van der Waals surface area contributed by atoms with E-state index in [1.165, 1.54) is 0 Å². The molecule has 156 valence electrons. The van der Waals surface area contributed by atoms with Crippen LogP contribution in [0.1, 0.15) is 30.1 Å². The molecule has 0 bridgehead atoms. The first-order valence-corrected chi connectivity index (χ1v) is 10.1. The topological polar surface area (TPSA) is 86.0 Å². The summed E-state index contributed by atoms with van der Waals surface area (Å²) in [7, 11) is 1.61. The number of piperidine rings is 1. The van der Waals surface area contributed by atoms with Crippen molar-refractivity contribution < 1.29 is 19.1 Å². The van der Waals surface area contributed by atoms with Gasteiger partial charge in [0.1, 0.15) is 5.75 Å². The lowest BCUT2D eigenvalue weighted by Gasteiger charge is -2.30. The molecule has 2 aromatic heterocycles. The van der Waals surface area contributed by atoms with Crippen LogP contribution in [0, 0.1) is 5.92 Å². The standard InChI is InChI=1S/C22H24N4O4/c1-3-30-22(28)15-10-12-25(13-11-15)21(27)16-8-9-19-23-24-20(26(19)14-16)17-6-4-5-7-18(17)29-2/h4-9,14-15H,3,10-13H2,1-2H3. The van der Waals surface area contributed by atoms with E-state index in [1.807, 2.05) is 24.3 Å². The number of carbonyl (C=O) groups excluding carboxylic acids is 2. The summed E-state index contributed by atoms with van der Waals surface area (Å²) in [6.07, 6.45) is 2.99. The van der Waals surface area contributed by atoms with Gasteiger partial charge in [0.05, 0.1) is 30.8 Å². The molecule has 1 aliphatic rings. The van der Waals surface area contributed by atoms with Crippen molar-refractivity contribution in [3.05, 3.63) is 48.2 Å². The van der Waals surface area contributed by atoms with Crippen LogP contribution in [-0.4, -0.2) is 58.2 Å². The predicted molar refractivity (Wildman–Crippen MR) is 110 cm³/mol. The molecular weight excluding hydrogens is 384 g/mol. The maximum absolute atomic E-state index is 13.1. The second-order valence-electron chi connectivity index (χ2n) is 7.19. The molecule has 1 amide bonds. The van der Waals surface area contributed by atoms with Crippen LogP contribution in [0.4, 0.5) is 0 Å². The van der Waals surface area contributed by atoms with Gasteiger partial charge in [0.2, 0.25) is 0 Å². The average Bonchev–Trinajstić information content (AvgIpc) is 3.22. The van der Waals surface area contributed by atoms with E-state index in [9.17, 15) is 9.59 Å². The molecule has 0 unspecified atom stereocenters. The Morgan fingerprint density at radius 1 is 1.10 bits per heavy atom. The smallest absolute Gasteiger partial charge is 0.309 e. The van der Waals surface area contributed by atoms with Gasteiger partial charge >= 0.3 is 5.97 Å². The van der Waals surface area contributed by atoms with Gasteiger partial charge in [-0.2, -0.15) is 0 Å². The zero-order valence-corrected chi connectivity index (χ0v) is 17.1. The molecule has 30 heavy (non-hydrogen) atoms. The Labute approximate surface area is 174 Å². The van der Waals surface area contributed by atoms with Crippen molar-refractivity contribution in [2.24, 2.45) is 5.92 Å². The van der Waals surface area contributed by atoms with Crippen molar-refractivity contribution in [2.45, 2.75) is 19.8 Å². The van der Waals surface area contributed by atoms with Gasteiger partial charge in [-0.15, -0.1) is 10.2 Å². The van der Waals surface area contributed by atoms with Gasteiger partial charge in [0, 0.05) is 19.3 Å². The summed E-state index contributed by atoms with van der Waals surface area (Å²) >= 11 is 0. The van der Waals surface area contributed by atoms with E-state index in [-0.39, 0.29) is 17.8 Å². The number of hydrogen-bond donors (Lipinski definition) is 0. The second-order valence-corrected chi connectivity index (χ2v) is 7.19. The molecule has 1 aromatic carbocycles. The van der Waals surface area contributed by atoms with Crippen molar-refractivity contribution in [3.8, 4) is 17.1 Å². The van der Waals surface area contributed by atoms with Gasteiger partial charge in [-0.25, -0.2) is 0 Å². The first-order chi connectivity index (χ1) is 14.6. The number of amides is 1. The molecule has 1 fully saturated rings. The van der Waals surface area contributed by atoms with E-state index < -0.39 is 0 Å². The molecular formula is C22H24N4O4. The molecule has 3 heterocycles. The summed E-state index contributed by atoms with van der Waals surface area (Å²) in [5.74, 6) is 0.921. The number of ether oxygens (including phenoxy) is 2. The minimum atomic E-state index is -0.169. The summed E-state index contributed by atoms with van der Waals surface area (Å²) < 4.78 is 12.4. The first kappa shape index (κ1) is 19.9. The number of methoxy groups -OCH3 is 1. The fraction of sp³-hybridized carbons (Fsp3) is 0.364. The van der Waals surface area contributed by atoms with E-state index in [2.05, 4.69) is 10.2 Å². The molecule has 8 nitrogen and oxygen atoms in total. The average molecular weight is 408 g/mol. The minimum absolute atomic E-state index is 0.0705. The van der Waals surface area contributed by atoms with Gasteiger partial charge < -0.3 is 14.4 Å². The Balaban J connectivity index is 1.57. The number of benzene rings is 1. The van der Waals surface area contributed by atoms with Crippen LogP contribution < -0.4 is 4.74 Å². The van der Waals surface area contributed by atoms with Crippen molar-refractivity contribution >= 4 is 17.5 Å². The van der Waals surface area contributed by atoms with E-state index in [1.54, 1.807) is 41.7 Å². The van der Waals surface area contributed by atoms with Crippen LogP contribution in [-0.2, 0) is 9.53 Å². The Hall–Kier alpha value is -3.42. The van der Waals surface area contributed by atoms with E-state index in [0.29, 0.717) is 55.3 Å². The molecule has 0 saturated carbocycles. The fourth-order valence-corrected chi connectivity index (χ4v) is 3.79. The van der Waals surface area contributed by atoms with Gasteiger partial charge in [-0.05, 0) is 44.0 Å². The summed E-state index contributed by atoms with van der Waals surface area (Å²) in [6.45, 7) is 3.24. The van der Waals surface area contributed by atoms with Crippen molar-refractivity contribution in [1.82, 2.24) is 19.5 Å². The van der Waals surface area contributed by atoms with Crippen LogP contribution in [0.25, 0.3) is 17.0 Å².